The molecule has 0 saturated carbocycles. The second-order valence-electron chi connectivity index (χ2n) is 7.03. The molecule has 0 spiro atoms. The van der Waals surface area contributed by atoms with Gasteiger partial charge in [-0.05, 0) is 42.7 Å². The number of imidazole rings is 1. The minimum absolute atomic E-state index is 0.00532. The quantitative estimate of drug-likeness (QED) is 0.706. The van der Waals surface area contributed by atoms with Crippen LogP contribution in [0.5, 0.6) is 0 Å². The predicted molar refractivity (Wildman–Crippen MR) is 105 cm³/mol. The maximum absolute atomic E-state index is 12.8. The Morgan fingerprint density at radius 1 is 1.18 bits per heavy atom. The third kappa shape index (κ3) is 3.79. The molecule has 0 unspecified atom stereocenters. The smallest absolute Gasteiger partial charge is 0.253 e. The van der Waals surface area contributed by atoms with Crippen molar-refractivity contribution in [3.63, 3.8) is 0 Å². The van der Waals surface area contributed by atoms with Gasteiger partial charge in [0, 0.05) is 49.4 Å². The second-order valence-corrected chi connectivity index (χ2v) is 7.03. The number of aromatic nitrogens is 3. The molecule has 1 aliphatic rings. The zero-order valence-corrected chi connectivity index (χ0v) is 15.5. The number of amides is 1. The summed E-state index contributed by atoms with van der Waals surface area (Å²) in [6.07, 6.45) is 9.27. The standard InChI is InChI=1S/C22H21N5O/c23-14-17-3-1-5-20(13-17)22(28)26-10-6-19(7-11-26)21-25-9-12-27(21)16-18-4-2-8-24-15-18/h1-5,8-9,12-13,15,19H,6-7,10-11,16H2. The molecule has 0 atom stereocenters. The number of hydrogen-bond acceptors (Lipinski definition) is 4. The molecule has 2 aromatic heterocycles. The molecular formula is C22H21N5O. The maximum atomic E-state index is 12.8. The first-order valence-corrected chi connectivity index (χ1v) is 9.44. The van der Waals surface area contributed by atoms with Crippen LogP contribution in [0.1, 0.15) is 46.1 Å². The molecule has 1 amide bonds. The predicted octanol–water partition coefficient (Wildman–Crippen LogP) is 3.22. The largest absolute Gasteiger partial charge is 0.339 e. The summed E-state index contributed by atoms with van der Waals surface area (Å²) < 4.78 is 2.18. The molecule has 1 aromatic carbocycles. The molecule has 140 valence electrons. The Balaban J connectivity index is 1.41. The third-order valence-electron chi connectivity index (χ3n) is 5.21. The fourth-order valence-corrected chi connectivity index (χ4v) is 3.75. The molecule has 0 radical (unpaired) electrons. The van der Waals surface area contributed by atoms with Crippen LogP contribution in [0.15, 0.2) is 61.2 Å². The van der Waals surface area contributed by atoms with Crippen molar-refractivity contribution in [1.82, 2.24) is 19.4 Å². The van der Waals surface area contributed by atoms with Gasteiger partial charge < -0.3 is 9.47 Å². The van der Waals surface area contributed by atoms with Crippen molar-refractivity contribution < 1.29 is 4.79 Å². The number of carbonyl (C=O) groups is 1. The highest BCUT2D eigenvalue weighted by molar-refractivity contribution is 5.94. The van der Waals surface area contributed by atoms with Gasteiger partial charge in [0.2, 0.25) is 0 Å². The summed E-state index contributed by atoms with van der Waals surface area (Å²) in [5.74, 6) is 1.40. The number of carbonyl (C=O) groups excluding carboxylic acids is 1. The SMILES string of the molecule is N#Cc1cccc(C(=O)N2CCC(c3nccn3Cc3cccnc3)CC2)c1. The minimum atomic E-state index is -0.00532. The molecule has 1 fully saturated rings. The van der Waals surface area contributed by atoms with Crippen molar-refractivity contribution in [1.29, 1.82) is 5.26 Å². The summed E-state index contributed by atoms with van der Waals surface area (Å²) in [6, 6.07) is 13.0. The van der Waals surface area contributed by atoms with Crippen LogP contribution in [-0.2, 0) is 6.54 Å². The molecule has 6 nitrogen and oxygen atoms in total. The Kier molecular flexibility index (Phi) is 5.16. The molecule has 1 saturated heterocycles. The first kappa shape index (κ1) is 17.9. The first-order chi connectivity index (χ1) is 13.7. The highest BCUT2D eigenvalue weighted by Gasteiger charge is 2.27. The van der Waals surface area contributed by atoms with Crippen LogP contribution < -0.4 is 0 Å². The van der Waals surface area contributed by atoms with Crippen molar-refractivity contribution in [2.24, 2.45) is 0 Å². The van der Waals surface area contributed by atoms with E-state index >= 15 is 0 Å². The molecule has 6 heteroatoms. The highest BCUT2D eigenvalue weighted by Crippen LogP contribution is 2.28. The Labute approximate surface area is 164 Å². The maximum Gasteiger partial charge on any atom is 0.253 e. The number of nitriles is 1. The van der Waals surface area contributed by atoms with Crippen LogP contribution in [0.3, 0.4) is 0 Å². The van der Waals surface area contributed by atoms with E-state index in [9.17, 15) is 4.79 Å². The van der Waals surface area contributed by atoms with E-state index in [2.05, 4.69) is 26.7 Å². The average Bonchev–Trinajstić information content (AvgIpc) is 3.22. The lowest BCUT2D eigenvalue weighted by Gasteiger charge is -2.32. The van der Waals surface area contributed by atoms with Crippen molar-refractivity contribution in [2.45, 2.75) is 25.3 Å². The average molecular weight is 371 g/mol. The van der Waals surface area contributed by atoms with E-state index in [1.54, 1.807) is 30.5 Å². The Morgan fingerprint density at radius 2 is 2.04 bits per heavy atom. The van der Waals surface area contributed by atoms with E-state index in [0.717, 1.165) is 30.8 Å². The van der Waals surface area contributed by atoms with Gasteiger partial charge in [0.05, 0.1) is 18.2 Å². The number of hydrogen-bond donors (Lipinski definition) is 0. The van der Waals surface area contributed by atoms with Gasteiger partial charge in [0.1, 0.15) is 5.82 Å². The van der Waals surface area contributed by atoms with E-state index in [-0.39, 0.29) is 5.91 Å². The summed E-state index contributed by atoms with van der Waals surface area (Å²) in [5, 5.41) is 9.04. The monoisotopic (exact) mass is 371 g/mol. The van der Waals surface area contributed by atoms with Crippen molar-refractivity contribution in [2.75, 3.05) is 13.1 Å². The number of rotatable bonds is 4. The molecule has 3 heterocycles. The number of benzene rings is 1. The van der Waals surface area contributed by atoms with Crippen LogP contribution in [0.4, 0.5) is 0 Å². The summed E-state index contributed by atoms with van der Waals surface area (Å²) in [4.78, 5) is 23.4. The van der Waals surface area contributed by atoms with Gasteiger partial charge in [0.15, 0.2) is 0 Å². The summed E-state index contributed by atoms with van der Waals surface area (Å²) >= 11 is 0. The fraction of sp³-hybridized carbons (Fsp3) is 0.273. The lowest BCUT2D eigenvalue weighted by molar-refractivity contribution is 0.0710. The third-order valence-corrected chi connectivity index (χ3v) is 5.21. The molecule has 4 rings (SSSR count). The molecule has 0 aliphatic carbocycles. The summed E-state index contributed by atoms with van der Waals surface area (Å²) in [7, 11) is 0. The zero-order chi connectivity index (χ0) is 19.3. The Morgan fingerprint density at radius 3 is 2.79 bits per heavy atom. The zero-order valence-electron chi connectivity index (χ0n) is 15.5. The van der Waals surface area contributed by atoms with Gasteiger partial charge in [-0.25, -0.2) is 4.98 Å². The number of nitrogens with zero attached hydrogens (tertiary/aromatic N) is 5. The van der Waals surface area contributed by atoms with E-state index in [4.69, 9.17) is 5.26 Å². The van der Waals surface area contributed by atoms with Crippen molar-refractivity contribution >= 4 is 5.91 Å². The van der Waals surface area contributed by atoms with Crippen LogP contribution >= 0.6 is 0 Å². The van der Waals surface area contributed by atoms with Crippen LogP contribution in [-0.4, -0.2) is 38.4 Å². The minimum Gasteiger partial charge on any atom is -0.339 e. The van der Waals surface area contributed by atoms with E-state index < -0.39 is 0 Å². The number of likely N-dealkylation sites (tertiary alicyclic amines) is 1. The van der Waals surface area contributed by atoms with Crippen LogP contribution in [0.2, 0.25) is 0 Å². The highest BCUT2D eigenvalue weighted by atomic mass is 16.2. The number of piperidine rings is 1. The Bertz CT molecular complexity index is 997. The lowest BCUT2D eigenvalue weighted by Crippen LogP contribution is -2.38. The van der Waals surface area contributed by atoms with Crippen LogP contribution in [0.25, 0.3) is 0 Å². The van der Waals surface area contributed by atoms with Crippen molar-refractivity contribution in [3.05, 3.63) is 83.7 Å². The molecule has 0 bridgehead atoms. The molecular weight excluding hydrogens is 350 g/mol. The van der Waals surface area contributed by atoms with Gasteiger partial charge in [-0.15, -0.1) is 0 Å². The topological polar surface area (TPSA) is 74.8 Å². The summed E-state index contributed by atoms with van der Waals surface area (Å²) in [5.41, 5.74) is 2.24. The first-order valence-electron chi connectivity index (χ1n) is 9.44. The van der Waals surface area contributed by atoms with Gasteiger partial charge in [-0.2, -0.15) is 5.26 Å². The normalized spacial score (nSPS) is 14.6. The fourth-order valence-electron chi connectivity index (χ4n) is 3.75. The van der Waals surface area contributed by atoms with Gasteiger partial charge in [-0.1, -0.05) is 12.1 Å². The van der Waals surface area contributed by atoms with Gasteiger partial charge in [0.25, 0.3) is 5.91 Å². The van der Waals surface area contributed by atoms with Crippen molar-refractivity contribution in [3.8, 4) is 6.07 Å². The van der Waals surface area contributed by atoms with E-state index in [1.165, 1.54) is 0 Å². The molecule has 0 N–H and O–H groups in total. The second kappa shape index (κ2) is 8.05. The van der Waals surface area contributed by atoms with Gasteiger partial charge in [-0.3, -0.25) is 9.78 Å². The Hall–Kier alpha value is -3.46. The van der Waals surface area contributed by atoms with Gasteiger partial charge >= 0.3 is 0 Å². The van der Waals surface area contributed by atoms with E-state index in [0.29, 0.717) is 30.1 Å². The molecule has 3 aromatic rings. The van der Waals surface area contributed by atoms with E-state index in [1.807, 2.05) is 29.6 Å². The van der Waals surface area contributed by atoms with Crippen LogP contribution in [0, 0.1) is 11.3 Å². The summed E-state index contributed by atoms with van der Waals surface area (Å²) in [6.45, 7) is 2.14. The lowest BCUT2D eigenvalue weighted by atomic mass is 9.95. The molecule has 28 heavy (non-hydrogen) atoms. The number of pyridine rings is 1. The molecule has 1 aliphatic heterocycles.